The van der Waals surface area contributed by atoms with Crippen LogP contribution >= 0.6 is 23.2 Å². The smallest absolute Gasteiger partial charge is 0.295 e. The average Bonchev–Trinajstić information content (AvgIpc) is 2.08. The second kappa shape index (κ2) is 12.0. The molecule has 0 atom stereocenters. The summed E-state index contributed by atoms with van der Waals surface area (Å²) >= 11 is 9.78. The molecular weight excluding hydrogens is 213 g/mol. The van der Waals surface area contributed by atoms with Crippen LogP contribution in [0.5, 0.6) is 0 Å². The summed E-state index contributed by atoms with van der Waals surface area (Å²) in [6.07, 6.45) is 0. The number of carbonyl (C=O) groups excluding carboxylic acids is 1. The molecule has 0 unspecified atom stereocenters. The first-order valence-corrected chi connectivity index (χ1v) is 5.09. The van der Waals surface area contributed by atoms with Gasteiger partial charge in [-0.15, -0.1) is 0 Å². The Morgan fingerprint density at radius 1 is 1.23 bits per heavy atom. The molecule has 0 aliphatic heterocycles. The highest BCUT2D eigenvalue weighted by molar-refractivity contribution is 6.43. The second-order valence-corrected chi connectivity index (χ2v) is 3.13. The molecule has 0 amide bonds. The van der Waals surface area contributed by atoms with E-state index in [1.165, 1.54) is 19.6 Å². The number of nitrogens with zero attached hydrogens (tertiary/aromatic N) is 1. The molecule has 0 bridgehead atoms. The topological polar surface area (TPSA) is 29.5 Å². The number of hydrogen-bond donors (Lipinski definition) is 0. The highest BCUT2D eigenvalue weighted by Crippen LogP contribution is 1.99. The number of rotatable bonds is 5. The lowest BCUT2D eigenvalue weighted by Gasteiger charge is -2.13. The second-order valence-electron chi connectivity index (χ2n) is 2.11. The first-order valence-electron chi connectivity index (χ1n) is 4.21. The van der Waals surface area contributed by atoms with Gasteiger partial charge >= 0.3 is 0 Å². The standard InChI is InChI=1S/C6H15N.C2H2Cl2O2/c1-4-7(5-2)6-3;3-2(4)6-1-5/h4-6H2,1-3H3;1-2H. The molecule has 0 N–H and O–H groups in total. The maximum absolute atomic E-state index is 9.22. The molecule has 0 fully saturated rings. The third kappa shape index (κ3) is 14.8. The molecule has 13 heavy (non-hydrogen) atoms. The summed E-state index contributed by atoms with van der Waals surface area (Å²) in [5.41, 5.74) is 0. The molecule has 0 radical (unpaired) electrons. The van der Waals surface area contributed by atoms with Crippen molar-refractivity contribution in [2.75, 3.05) is 19.6 Å². The van der Waals surface area contributed by atoms with Crippen LogP contribution in [0.3, 0.4) is 0 Å². The van der Waals surface area contributed by atoms with Gasteiger partial charge in [0.2, 0.25) is 0 Å². The van der Waals surface area contributed by atoms with E-state index in [2.05, 4.69) is 30.4 Å². The summed E-state index contributed by atoms with van der Waals surface area (Å²) in [6, 6.07) is 0. The summed E-state index contributed by atoms with van der Waals surface area (Å²) in [4.78, 5) is 11.6. The molecule has 0 aromatic rings. The Bertz CT molecular complexity index is 103. The normalized spacial score (nSPS) is 9.46. The Kier molecular flexibility index (Phi) is 14.3. The van der Waals surface area contributed by atoms with Gasteiger partial charge in [-0.25, -0.2) is 0 Å². The molecule has 0 aliphatic carbocycles. The molecule has 0 aromatic carbocycles. The van der Waals surface area contributed by atoms with Gasteiger partial charge in [-0.3, -0.25) is 4.79 Å². The van der Waals surface area contributed by atoms with Crippen LogP contribution in [0, 0.1) is 0 Å². The van der Waals surface area contributed by atoms with E-state index in [1.54, 1.807) is 0 Å². The molecule has 0 saturated heterocycles. The zero-order valence-corrected chi connectivity index (χ0v) is 9.81. The monoisotopic (exact) mass is 229 g/mol. The third-order valence-electron chi connectivity index (χ3n) is 1.50. The van der Waals surface area contributed by atoms with Gasteiger partial charge in [0.1, 0.15) is 0 Å². The number of carbonyl (C=O) groups is 1. The van der Waals surface area contributed by atoms with Crippen LogP contribution in [0.1, 0.15) is 20.8 Å². The van der Waals surface area contributed by atoms with E-state index in [9.17, 15) is 4.79 Å². The molecule has 0 rings (SSSR count). The fourth-order valence-corrected chi connectivity index (χ4v) is 0.797. The van der Waals surface area contributed by atoms with E-state index >= 15 is 0 Å². The highest BCUT2D eigenvalue weighted by Gasteiger charge is 1.90. The van der Waals surface area contributed by atoms with Crippen LogP contribution in [-0.4, -0.2) is 36.0 Å². The van der Waals surface area contributed by atoms with Crippen molar-refractivity contribution in [1.82, 2.24) is 4.90 Å². The minimum Gasteiger partial charge on any atom is -0.434 e. The van der Waals surface area contributed by atoms with Crippen LogP contribution in [0.4, 0.5) is 0 Å². The van der Waals surface area contributed by atoms with Crippen LogP contribution in [-0.2, 0) is 9.53 Å². The Balaban J connectivity index is 0. The Hall–Kier alpha value is 0.01000. The van der Waals surface area contributed by atoms with Crippen LogP contribution in [0.15, 0.2) is 0 Å². The highest BCUT2D eigenvalue weighted by atomic mass is 35.5. The Morgan fingerprint density at radius 2 is 1.62 bits per heavy atom. The fourth-order valence-electron chi connectivity index (χ4n) is 0.713. The van der Waals surface area contributed by atoms with E-state index < -0.39 is 5.02 Å². The number of halogens is 2. The summed E-state index contributed by atoms with van der Waals surface area (Å²) < 4.78 is 3.89. The molecule has 0 heterocycles. The minimum atomic E-state index is -1.03. The van der Waals surface area contributed by atoms with Gasteiger partial charge in [-0.1, -0.05) is 44.0 Å². The average molecular weight is 230 g/mol. The number of hydrogen-bond acceptors (Lipinski definition) is 3. The number of ether oxygens (including phenoxy) is 1. The molecule has 80 valence electrons. The SMILES string of the molecule is CCN(CC)CC.O=COC(Cl)Cl. The summed E-state index contributed by atoms with van der Waals surface area (Å²) in [7, 11) is 0. The summed E-state index contributed by atoms with van der Waals surface area (Å²) in [5.74, 6) is 0. The van der Waals surface area contributed by atoms with E-state index in [0.717, 1.165) is 0 Å². The number of alkyl halides is 2. The zero-order valence-electron chi connectivity index (χ0n) is 8.30. The lowest BCUT2D eigenvalue weighted by Crippen LogP contribution is -2.21. The fraction of sp³-hybridized carbons (Fsp3) is 0.875. The Labute approximate surface area is 89.9 Å². The molecule has 0 aromatic heterocycles. The maximum atomic E-state index is 9.22. The summed E-state index contributed by atoms with van der Waals surface area (Å²) in [6.45, 7) is 10.3. The van der Waals surface area contributed by atoms with Gasteiger partial charge in [-0.2, -0.15) is 0 Å². The van der Waals surface area contributed by atoms with Gasteiger partial charge in [0.15, 0.2) is 0 Å². The quantitative estimate of drug-likeness (QED) is 0.536. The van der Waals surface area contributed by atoms with Gasteiger partial charge in [0, 0.05) is 0 Å². The van der Waals surface area contributed by atoms with Crippen molar-refractivity contribution in [3.63, 3.8) is 0 Å². The third-order valence-corrected chi connectivity index (χ3v) is 1.71. The van der Waals surface area contributed by atoms with Gasteiger partial charge in [0.25, 0.3) is 11.5 Å². The molecule has 5 heteroatoms. The van der Waals surface area contributed by atoms with Crippen molar-refractivity contribution < 1.29 is 9.53 Å². The van der Waals surface area contributed by atoms with E-state index in [4.69, 9.17) is 23.2 Å². The van der Waals surface area contributed by atoms with Crippen LogP contribution < -0.4 is 0 Å². The van der Waals surface area contributed by atoms with Crippen LogP contribution in [0.25, 0.3) is 0 Å². The van der Waals surface area contributed by atoms with Gasteiger partial charge in [-0.05, 0) is 19.6 Å². The van der Waals surface area contributed by atoms with Crippen LogP contribution in [0.2, 0.25) is 0 Å². The zero-order chi connectivity index (χ0) is 10.7. The first kappa shape index (κ1) is 15.5. The molecular formula is C8H17Cl2NO2. The molecule has 0 saturated carbocycles. The molecule has 0 spiro atoms. The van der Waals surface area contributed by atoms with Gasteiger partial charge < -0.3 is 9.64 Å². The van der Waals surface area contributed by atoms with Crippen molar-refractivity contribution in [2.45, 2.75) is 25.8 Å². The van der Waals surface area contributed by atoms with E-state index in [-0.39, 0.29) is 6.47 Å². The Morgan fingerprint density at radius 3 is 1.62 bits per heavy atom. The minimum absolute atomic E-state index is 0.185. The molecule has 3 nitrogen and oxygen atoms in total. The van der Waals surface area contributed by atoms with Crippen molar-refractivity contribution in [3.8, 4) is 0 Å². The van der Waals surface area contributed by atoms with Gasteiger partial charge in [0.05, 0.1) is 0 Å². The van der Waals surface area contributed by atoms with Crippen molar-refractivity contribution in [3.05, 3.63) is 0 Å². The lowest BCUT2D eigenvalue weighted by atomic mass is 10.5. The van der Waals surface area contributed by atoms with Crippen molar-refractivity contribution in [1.29, 1.82) is 0 Å². The first-order chi connectivity index (χ1) is 6.12. The predicted octanol–water partition coefficient (Wildman–Crippen LogP) is 2.27. The lowest BCUT2D eigenvalue weighted by molar-refractivity contribution is -0.128. The predicted molar refractivity (Wildman–Crippen MR) is 56.1 cm³/mol. The van der Waals surface area contributed by atoms with E-state index in [1.807, 2.05) is 0 Å². The molecule has 0 aliphatic rings. The summed E-state index contributed by atoms with van der Waals surface area (Å²) in [5, 5.41) is -1.03. The van der Waals surface area contributed by atoms with E-state index in [0.29, 0.717) is 0 Å². The maximum Gasteiger partial charge on any atom is 0.295 e. The van der Waals surface area contributed by atoms with Crippen molar-refractivity contribution in [2.24, 2.45) is 0 Å². The largest absolute Gasteiger partial charge is 0.434 e. The van der Waals surface area contributed by atoms with Crippen molar-refractivity contribution >= 4 is 29.7 Å².